The number of nitrogens with zero attached hydrogens (tertiary/aromatic N) is 2. The second-order valence-electron chi connectivity index (χ2n) is 12.8. The predicted octanol–water partition coefficient (Wildman–Crippen LogP) is 7.86. The smallest absolute Gasteiger partial charge is 0.460 e. The monoisotopic (exact) mass is 688 g/mol. The maximum atomic E-state index is 13.7. The normalized spacial score (nSPS) is 15.2. The highest BCUT2D eigenvalue weighted by atomic mass is 19.4. The zero-order chi connectivity index (χ0) is 36.5. The van der Waals surface area contributed by atoms with Crippen molar-refractivity contribution in [2.45, 2.75) is 109 Å². The standard InChI is InChI=1S/C33H39F7N4O4/c1-8-23(48-24-16-11-19(29(4,5)9-2)17-22(24)30(6,7)10-3)27(46)41-20-12-14-21(15-13-20)44-26(45)18-25(43-44)42-28(47)31(34,35)32(36,37)33(38,39)40/h11-17,23H,8-10,18H2,1-7H3,(H,41,46)(H,42,43,47). The molecule has 0 saturated heterocycles. The molecule has 3 amide bonds. The van der Waals surface area contributed by atoms with Crippen molar-refractivity contribution in [1.29, 1.82) is 0 Å². The average Bonchev–Trinajstić information content (AvgIpc) is 3.38. The van der Waals surface area contributed by atoms with Gasteiger partial charge in [-0.15, -0.1) is 0 Å². The van der Waals surface area contributed by atoms with Crippen LogP contribution in [0.5, 0.6) is 5.75 Å². The summed E-state index contributed by atoms with van der Waals surface area (Å²) in [4.78, 5) is 37.3. The molecule has 264 valence electrons. The number of hydrogen-bond acceptors (Lipinski definition) is 5. The molecule has 2 N–H and O–H groups in total. The maximum Gasteiger partial charge on any atom is 0.460 e. The van der Waals surface area contributed by atoms with E-state index >= 15 is 0 Å². The lowest BCUT2D eigenvalue weighted by molar-refractivity contribution is -0.343. The van der Waals surface area contributed by atoms with E-state index in [9.17, 15) is 45.1 Å². The van der Waals surface area contributed by atoms with Crippen molar-refractivity contribution in [1.82, 2.24) is 5.32 Å². The number of halogens is 7. The van der Waals surface area contributed by atoms with Crippen LogP contribution < -0.4 is 20.4 Å². The van der Waals surface area contributed by atoms with Gasteiger partial charge in [0.25, 0.3) is 11.8 Å². The summed E-state index contributed by atoms with van der Waals surface area (Å²) in [6.45, 7) is 14.5. The molecular formula is C33H39F7N4O4. The molecule has 0 saturated carbocycles. The number of amidine groups is 1. The highest BCUT2D eigenvalue weighted by molar-refractivity contribution is 6.16. The van der Waals surface area contributed by atoms with Gasteiger partial charge in [-0.1, -0.05) is 60.6 Å². The lowest BCUT2D eigenvalue weighted by Gasteiger charge is -2.31. The van der Waals surface area contributed by atoms with Crippen molar-refractivity contribution in [3.63, 3.8) is 0 Å². The summed E-state index contributed by atoms with van der Waals surface area (Å²) < 4.78 is 97.3. The number of benzene rings is 2. The fourth-order valence-corrected chi connectivity index (χ4v) is 4.59. The van der Waals surface area contributed by atoms with E-state index in [0.717, 1.165) is 24.0 Å². The van der Waals surface area contributed by atoms with Crippen LogP contribution in [0.2, 0.25) is 0 Å². The fourth-order valence-electron chi connectivity index (χ4n) is 4.59. The molecule has 0 fully saturated rings. The molecule has 1 aliphatic rings. The van der Waals surface area contributed by atoms with Gasteiger partial charge in [0.15, 0.2) is 6.10 Å². The summed E-state index contributed by atoms with van der Waals surface area (Å²) in [5.74, 6) is -17.4. The summed E-state index contributed by atoms with van der Waals surface area (Å²) in [6.07, 6.45) is -6.36. The lowest BCUT2D eigenvalue weighted by atomic mass is 9.76. The number of ether oxygens (including phenoxy) is 1. The second kappa shape index (κ2) is 13.7. The van der Waals surface area contributed by atoms with Gasteiger partial charge in [0.05, 0.1) is 12.1 Å². The van der Waals surface area contributed by atoms with Crippen molar-refractivity contribution in [2.75, 3.05) is 10.3 Å². The van der Waals surface area contributed by atoms with E-state index in [4.69, 9.17) is 4.74 Å². The molecule has 0 aliphatic carbocycles. The first-order valence-corrected chi connectivity index (χ1v) is 15.3. The van der Waals surface area contributed by atoms with Gasteiger partial charge in [-0.05, 0) is 66.0 Å². The number of alkyl halides is 7. The van der Waals surface area contributed by atoms with Gasteiger partial charge >= 0.3 is 23.9 Å². The fraction of sp³-hybridized carbons (Fsp3) is 0.515. The molecule has 1 heterocycles. The molecule has 1 aliphatic heterocycles. The number of hydrogen-bond donors (Lipinski definition) is 2. The third-order valence-corrected chi connectivity index (χ3v) is 8.64. The summed E-state index contributed by atoms with van der Waals surface area (Å²) in [7, 11) is 0. The van der Waals surface area contributed by atoms with Crippen LogP contribution in [-0.2, 0) is 25.2 Å². The Morgan fingerprint density at radius 2 is 1.46 bits per heavy atom. The van der Waals surface area contributed by atoms with Crippen molar-refractivity contribution >= 4 is 34.9 Å². The van der Waals surface area contributed by atoms with E-state index in [1.807, 2.05) is 12.1 Å². The number of rotatable bonds is 12. The number of anilines is 2. The van der Waals surface area contributed by atoms with Crippen LogP contribution >= 0.6 is 0 Å². The van der Waals surface area contributed by atoms with Gasteiger partial charge in [0, 0.05) is 11.3 Å². The summed E-state index contributed by atoms with van der Waals surface area (Å²) in [5, 5.41) is 8.13. The van der Waals surface area contributed by atoms with Crippen LogP contribution in [0.25, 0.3) is 0 Å². The minimum absolute atomic E-state index is 0.0273. The highest BCUT2D eigenvalue weighted by Crippen LogP contribution is 2.46. The van der Waals surface area contributed by atoms with Crippen molar-refractivity contribution in [3.8, 4) is 5.75 Å². The first-order chi connectivity index (χ1) is 22.0. The molecule has 2 aromatic carbocycles. The SMILES string of the molecule is CCC(Oc1ccc(C(C)(C)CC)cc1C(C)(C)CC)C(=O)Nc1ccc(N2N=C(NC(=O)C(F)(F)C(F)(F)C(F)(F)F)CC2=O)cc1. The Morgan fingerprint density at radius 3 is 1.98 bits per heavy atom. The van der Waals surface area contributed by atoms with Gasteiger partial charge in [-0.25, -0.2) is 0 Å². The summed E-state index contributed by atoms with van der Waals surface area (Å²) >= 11 is 0. The third kappa shape index (κ3) is 7.75. The Labute approximate surface area is 274 Å². The molecule has 0 bridgehead atoms. The average molecular weight is 689 g/mol. The van der Waals surface area contributed by atoms with Gasteiger partial charge in [0.1, 0.15) is 11.6 Å². The zero-order valence-electron chi connectivity index (χ0n) is 27.6. The topological polar surface area (TPSA) is 100 Å². The minimum atomic E-state index is -6.71. The number of carbonyl (C=O) groups is 3. The molecule has 0 aromatic heterocycles. The van der Waals surface area contributed by atoms with Gasteiger partial charge in [-0.3, -0.25) is 14.4 Å². The Hall–Kier alpha value is -4.17. The summed E-state index contributed by atoms with van der Waals surface area (Å²) in [6, 6.07) is 11.4. The van der Waals surface area contributed by atoms with E-state index < -0.39 is 54.1 Å². The van der Waals surface area contributed by atoms with E-state index in [2.05, 4.69) is 58.0 Å². The second-order valence-corrected chi connectivity index (χ2v) is 12.8. The molecule has 0 spiro atoms. The van der Waals surface area contributed by atoms with E-state index in [-0.39, 0.29) is 22.2 Å². The lowest BCUT2D eigenvalue weighted by Crippen LogP contribution is -2.60. The van der Waals surface area contributed by atoms with Crippen LogP contribution in [-0.4, -0.2) is 47.7 Å². The number of hydrazone groups is 1. The van der Waals surface area contributed by atoms with E-state index in [1.165, 1.54) is 29.6 Å². The predicted molar refractivity (Wildman–Crippen MR) is 166 cm³/mol. The molecule has 8 nitrogen and oxygen atoms in total. The quantitative estimate of drug-likeness (QED) is 0.222. The largest absolute Gasteiger partial charge is 0.480 e. The Kier molecular flexibility index (Phi) is 11.0. The molecule has 0 radical (unpaired) electrons. The van der Waals surface area contributed by atoms with Crippen molar-refractivity contribution < 1.29 is 49.9 Å². The Bertz CT molecular complexity index is 1550. The van der Waals surface area contributed by atoms with Crippen molar-refractivity contribution in [2.24, 2.45) is 5.10 Å². The molecule has 15 heteroatoms. The molecule has 2 aromatic rings. The van der Waals surface area contributed by atoms with Gasteiger partial charge in [-0.2, -0.15) is 40.8 Å². The van der Waals surface area contributed by atoms with E-state index in [1.54, 1.807) is 6.92 Å². The van der Waals surface area contributed by atoms with E-state index in [0.29, 0.717) is 17.2 Å². The number of amides is 3. The Morgan fingerprint density at radius 1 is 0.875 bits per heavy atom. The van der Waals surface area contributed by atoms with Crippen LogP contribution in [0.15, 0.2) is 47.6 Å². The number of carbonyl (C=O) groups excluding carboxylic acids is 3. The Balaban J connectivity index is 1.75. The summed E-state index contributed by atoms with van der Waals surface area (Å²) in [5.41, 5.74) is 2.14. The van der Waals surface area contributed by atoms with Gasteiger partial charge in [0.2, 0.25) is 0 Å². The van der Waals surface area contributed by atoms with Crippen LogP contribution in [0.4, 0.5) is 42.1 Å². The van der Waals surface area contributed by atoms with Crippen LogP contribution in [0.1, 0.15) is 85.3 Å². The first kappa shape index (κ1) is 38.3. The third-order valence-electron chi connectivity index (χ3n) is 8.64. The molecular weight excluding hydrogens is 649 g/mol. The van der Waals surface area contributed by atoms with Crippen LogP contribution in [0, 0.1) is 0 Å². The molecule has 3 rings (SSSR count). The highest BCUT2D eigenvalue weighted by Gasteiger charge is 2.76. The first-order valence-electron chi connectivity index (χ1n) is 15.3. The molecule has 48 heavy (non-hydrogen) atoms. The van der Waals surface area contributed by atoms with Crippen molar-refractivity contribution in [3.05, 3.63) is 53.6 Å². The van der Waals surface area contributed by atoms with Gasteiger partial charge < -0.3 is 15.4 Å². The molecule has 1 atom stereocenters. The molecule has 1 unspecified atom stereocenters. The zero-order valence-corrected chi connectivity index (χ0v) is 27.6. The number of nitrogens with one attached hydrogen (secondary N) is 2. The maximum absolute atomic E-state index is 13.7. The minimum Gasteiger partial charge on any atom is -0.480 e. The van der Waals surface area contributed by atoms with Crippen LogP contribution in [0.3, 0.4) is 0 Å².